The number of nitrogens with one attached hydrogen (secondary N) is 1. The summed E-state index contributed by atoms with van der Waals surface area (Å²) in [4.78, 5) is 37.7. The Kier molecular flexibility index (Phi) is 6.09. The lowest BCUT2D eigenvalue weighted by atomic mass is 10.1. The minimum atomic E-state index is -0.736. The first-order chi connectivity index (χ1) is 12.7. The summed E-state index contributed by atoms with van der Waals surface area (Å²) in [6.07, 6.45) is 1.17. The minimum absolute atomic E-state index is 0.103. The highest BCUT2D eigenvalue weighted by Gasteiger charge is 2.31. The molecule has 146 valence electrons. The molecule has 0 saturated carbocycles. The molecule has 1 N–H and O–H groups in total. The first kappa shape index (κ1) is 20.3. The highest BCUT2D eigenvalue weighted by Crippen LogP contribution is 2.37. The Bertz CT molecular complexity index is 779. The van der Waals surface area contributed by atoms with Gasteiger partial charge in [-0.3, -0.25) is 4.90 Å². The first-order valence-electron chi connectivity index (χ1n) is 8.43. The number of methoxy groups -OCH3 is 2. The van der Waals surface area contributed by atoms with Gasteiger partial charge < -0.3 is 19.5 Å². The van der Waals surface area contributed by atoms with E-state index < -0.39 is 23.6 Å². The van der Waals surface area contributed by atoms with Crippen molar-refractivity contribution < 1.29 is 28.6 Å². The summed E-state index contributed by atoms with van der Waals surface area (Å²) in [5.41, 5.74) is 1.27. The largest absolute Gasteiger partial charge is 0.466 e. The Hall–Kier alpha value is -3.03. The van der Waals surface area contributed by atoms with E-state index in [0.717, 1.165) is 11.6 Å². The van der Waals surface area contributed by atoms with Gasteiger partial charge in [0.1, 0.15) is 11.3 Å². The second-order valence-corrected chi connectivity index (χ2v) is 6.89. The standard InChI is InChI=1S/C19H24N2O6/c1-19(2,3)27-18(24)21-10-9-12-7-6-8-13(16(12)21)20-14(17(23)26-5)11-15(22)25-4/h6-8,11,20H,9-10H2,1-5H3/b14-11+. The van der Waals surface area contributed by atoms with Crippen LogP contribution >= 0.6 is 0 Å². The molecule has 0 aromatic heterocycles. The number of esters is 2. The van der Waals surface area contributed by atoms with Crippen molar-refractivity contribution in [2.75, 3.05) is 31.0 Å². The van der Waals surface area contributed by atoms with Crippen LogP contribution in [-0.2, 0) is 30.2 Å². The summed E-state index contributed by atoms with van der Waals surface area (Å²) in [5, 5.41) is 2.88. The summed E-state index contributed by atoms with van der Waals surface area (Å²) in [6, 6.07) is 5.40. The molecule has 8 heteroatoms. The maximum atomic E-state index is 12.6. The van der Waals surface area contributed by atoms with Gasteiger partial charge in [0, 0.05) is 6.54 Å². The van der Waals surface area contributed by atoms with Crippen LogP contribution in [-0.4, -0.2) is 44.4 Å². The maximum absolute atomic E-state index is 12.6. The molecule has 1 aromatic carbocycles. The van der Waals surface area contributed by atoms with Crippen molar-refractivity contribution in [3.05, 3.63) is 35.5 Å². The zero-order valence-corrected chi connectivity index (χ0v) is 16.1. The van der Waals surface area contributed by atoms with E-state index in [0.29, 0.717) is 24.3 Å². The van der Waals surface area contributed by atoms with Crippen LogP contribution in [0.25, 0.3) is 0 Å². The lowest BCUT2D eigenvalue weighted by molar-refractivity contribution is -0.138. The molecule has 0 unspecified atom stereocenters. The third-order valence-corrected chi connectivity index (χ3v) is 3.75. The van der Waals surface area contributed by atoms with E-state index in [9.17, 15) is 14.4 Å². The van der Waals surface area contributed by atoms with Crippen molar-refractivity contribution in [1.82, 2.24) is 0 Å². The molecular formula is C19H24N2O6. The van der Waals surface area contributed by atoms with Crippen molar-refractivity contribution in [2.45, 2.75) is 32.8 Å². The van der Waals surface area contributed by atoms with Crippen LogP contribution in [0.3, 0.4) is 0 Å². The Morgan fingerprint density at radius 3 is 2.44 bits per heavy atom. The Morgan fingerprint density at radius 2 is 1.85 bits per heavy atom. The normalized spacial score (nSPS) is 13.7. The second kappa shape index (κ2) is 8.11. The molecule has 1 aliphatic heterocycles. The van der Waals surface area contributed by atoms with Gasteiger partial charge in [-0.15, -0.1) is 0 Å². The van der Waals surface area contributed by atoms with Crippen molar-refractivity contribution in [2.24, 2.45) is 0 Å². The van der Waals surface area contributed by atoms with Gasteiger partial charge in [0.15, 0.2) is 0 Å². The highest BCUT2D eigenvalue weighted by atomic mass is 16.6. The number of benzene rings is 1. The summed E-state index contributed by atoms with van der Waals surface area (Å²) in [5.74, 6) is -1.45. The van der Waals surface area contributed by atoms with E-state index in [1.165, 1.54) is 19.1 Å². The fourth-order valence-electron chi connectivity index (χ4n) is 2.63. The Morgan fingerprint density at radius 1 is 1.15 bits per heavy atom. The average Bonchev–Trinajstić information content (AvgIpc) is 3.04. The topological polar surface area (TPSA) is 94.2 Å². The van der Waals surface area contributed by atoms with Crippen LogP contribution in [0.4, 0.5) is 16.2 Å². The third kappa shape index (κ3) is 4.99. The van der Waals surface area contributed by atoms with E-state index in [2.05, 4.69) is 10.1 Å². The van der Waals surface area contributed by atoms with Gasteiger partial charge in [-0.25, -0.2) is 14.4 Å². The smallest absolute Gasteiger partial charge is 0.414 e. The van der Waals surface area contributed by atoms with E-state index in [1.54, 1.807) is 32.9 Å². The van der Waals surface area contributed by atoms with Crippen LogP contribution in [0, 0.1) is 0 Å². The van der Waals surface area contributed by atoms with Crippen molar-refractivity contribution in [3.8, 4) is 0 Å². The van der Waals surface area contributed by atoms with Crippen LogP contribution < -0.4 is 10.2 Å². The van der Waals surface area contributed by atoms with Crippen molar-refractivity contribution in [3.63, 3.8) is 0 Å². The fourth-order valence-corrected chi connectivity index (χ4v) is 2.63. The van der Waals surface area contributed by atoms with Crippen molar-refractivity contribution in [1.29, 1.82) is 0 Å². The average molecular weight is 376 g/mol. The van der Waals surface area contributed by atoms with Gasteiger partial charge in [0.25, 0.3) is 0 Å². The quantitative estimate of drug-likeness (QED) is 0.490. The summed E-state index contributed by atoms with van der Waals surface area (Å²) in [7, 11) is 2.41. The summed E-state index contributed by atoms with van der Waals surface area (Å²) in [6.45, 7) is 5.83. The number of anilines is 2. The molecule has 1 aliphatic rings. The van der Waals surface area contributed by atoms with Crippen molar-refractivity contribution >= 4 is 29.4 Å². The molecule has 0 atom stereocenters. The number of rotatable bonds is 4. The molecule has 8 nitrogen and oxygen atoms in total. The van der Waals surface area contributed by atoms with Crippen LogP contribution in [0.2, 0.25) is 0 Å². The number of fused-ring (bicyclic) bond motifs is 1. The molecule has 2 rings (SSSR count). The third-order valence-electron chi connectivity index (χ3n) is 3.75. The SMILES string of the molecule is COC(=O)/C=C(/Nc1cccc2c1N(C(=O)OC(C)(C)C)CC2)C(=O)OC. The lowest BCUT2D eigenvalue weighted by Crippen LogP contribution is -2.36. The molecule has 27 heavy (non-hydrogen) atoms. The summed E-state index contributed by atoms with van der Waals surface area (Å²) < 4.78 is 14.7. The zero-order valence-electron chi connectivity index (χ0n) is 16.1. The van der Waals surface area contributed by atoms with Gasteiger partial charge in [-0.2, -0.15) is 0 Å². The molecule has 0 bridgehead atoms. The number of para-hydroxylation sites is 1. The second-order valence-electron chi connectivity index (χ2n) is 6.89. The number of hydrogen-bond donors (Lipinski definition) is 1. The maximum Gasteiger partial charge on any atom is 0.414 e. The first-order valence-corrected chi connectivity index (χ1v) is 8.43. The van der Waals surface area contributed by atoms with Crippen LogP contribution in [0.15, 0.2) is 30.0 Å². The van der Waals surface area contributed by atoms with E-state index in [-0.39, 0.29) is 5.70 Å². The number of ether oxygens (including phenoxy) is 3. The number of carbonyl (C=O) groups is 3. The van der Waals surface area contributed by atoms with E-state index in [4.69, 9.17) is 9.47 Å². The van der Waals surface area contributed by atoms with Gasteiger partial charge in [0.2, 0.25) is 0 Å². The zero-order chi connectivity index (χ0) is 20.2. The Labute approximate surface area is 158 Å². The molecule has 0 saturated heterocycles. The lowest BCUT2D eigenvalue weighted by Gasteiger charge is -2.26. The molecule has 0 spiro atoms. The molecular weight excluding hydrogens is 352 g/mol. The number of nitrogens with zero attached hydrogens (tertiary/aromatic N) is 1. The van der Waals surface area contributed by atoms with Crippen LogP contribution in [0.5, 0.6) is 0 Å². The molecule has 1 amide bonds. The summed E-state index contributed by atoms with van der Waals surface area (Å²) >= 11 is 0. The fraction of sp³-hybridized carbons (Fsp3) is 0.421. The Balaban J connectivity index is 2.38. The van der Waals surface area contributed by atoms with Gasteiger partial charge in [-0.1, -0.05) is 12.1 Å². The number of carbonyl (C=O) groups excluding carboxylic acids is 3. The minimum Gasteiger partial charge on any atom is -0.466 e. The molecule has 0 aliphatic carbocycles. The van der Waals surface area contributed by atoms with Crippen LogP contribution in [0.1, 0.15) is 26.3 Å². The number of hydrogen-bond acceptors (Lipinski definition) is 7. The molecule has 0 radical (unpaired) electrons. The van der Waals surface area contributed by atoms with Gasteiger partial charge in [-0.05, 0) is 38.8 Å². The molecule has 1 heterocycles. The molecule has 1 aromatic rings. The number of amides is 1. The van der Waals surface area contributed by atoms with Gasteiger partial charge in [0.05, 0.1) is 31.7 Å². The predicted molar refractivity (Wildman–Crippen MR) is 99.5 cm³/mol. The predicted octanol–water partition coefficient (Wildman–Crippen LogP) is 2.63. The van der Waals surface area contributed by atoms with E-state index >= 15 is 0 Å². The highest BCUT2D eigenvalue weighted by molar-refractivity contribution is 6.01. The van der Waals surface area contributed by atoms with Gasteiger partial charge >= 0.3 is 18.0 Å². The van der Waals surface area contributed by atoms with E-state index in [1.807, 2.05) is 6.07 Å². The molecule has 0 fully saturated rings. The monoisotopic (exact) mass is 376 g/mol.